The molecule has 170 valence electrons. The number of carbonyl (C=O) groups excluding carboxylic acids is 1. The second-order valence-corrected chi connectivity index (χ2v) is 10.8. The van der Waals surface area contributed by atoms with Gasteiger partial charge < -0.3 is 14.4 Å². The van der Waals surface area contributed by atoms with Gasteiger partial charge >= 0.3 is 6.09 Å². The van der Waals surface area contributed by atoms with E-state index in [1.807, 2.05) is 31.7 Å². The molecule has 2 bridgehead atoms. The van der Waals surface area contributed by atoms with Crippen LogP contribution in [0.4, 0.5) is 4.79 Å². The van der Waals surface area contributed by atoms with Crippen molar-refractivity contribution in [1.29, 1.82) is 0 Å². The van der Waals surface area contributed by atoms with Crippen LogP contribution in [0.15, 0.2) is 48.5 Å². The Morgan fingerprint density at radius 1 is 1.09 bits per heavy atom. The van der Waals surface area contributed by atoms with Gasteiger partial charge in [-0.2, -0.15) is 0 Å². The van der Waals surface area contributed by atoms with Crippen molar-refractivity contribution >= 4 is 6.09 Å². The molecule has 4 heteroatoms. The zero-order valence-electron chi connectivity index (χ0n) is 19.6. The molecular weight excluding hydrogens is 398 g/mol. The molecule has 3 atom stereocenters. The molecule has 1 amide bonds. The number of benzene rings is 2. The first-order chi connectivity index (χ1) is 15.4. The lowest BCUT2D eigenvalue weighted by Gasteiger charge is -2.58. The first kappa shape index (κ1) is 21.4. The molecule has 2 fully saturated rings. The Hall–Kier alpha value is -2.49. The van der Waals surface area contributed by atoms with E-state index in [2.05, 4.69) is 42.5 Å². The predicted octanol–water partition coefficient (Wildman–Crippen LogP) is 6.26. The Bertz CT molecular complexity index is 980. The highest BCUT2D eigenvalue weighted by Gasteiger charge is 2.55. The van der Waals surface area contributed by atoms with E-state index in [4.69, 9.17) is 9.47 Å². The second kappa shape index (κ2) is 8.13. The Morgan fingerprint density at radius 2 is 1.91 bits per heavy atom. The van der Waals surface area contributed by atoms with Crippen LogP contribution in [0.5, 0.6) is 5.75 Å². The molecule has 3 aliphatic rings. The molecular formula is C28H35NO3. The van der Waals surface area contributed by atoms with Crippen molar-refractivity contribution in [3.63, 3.8) is 0 Å². The summed E-state index contributed by atoms with van der Waals surface area (Å²) in [6, 6.07) is 17.2. The van der Waals surface area contributed by atoms with Crippen LogP contribution in [0.1, 0.15) is 69.6 Å². The number of rotatable bonds is 3. The molecule has 1 saturated heterocycles. The number of carbonyl (C=O) groups is 1. The van der Waals surface area contributed by atoms with Crippen molar-refractivity contribution in [3.05, 3.63) is 65.2 Å². The van der Waals surface area contributed by atoms with Crippen molar-refractivity contribution in [1.82, 2.24) is 4.90 Å². The summed E-state index contributed by atoms with van der Waals surface area (Å²) in [6.45, 7) is 7.22. The smallest absolute Gasteiger partial charge is 0.410 e. The van der Waals surface area contributed by atoms with Crippen LogP contribution in [-0.2, 0) is 23.2 Å². The van der Waals surface area contributed by atoms with Gasteiger partial charge in [0, 0.05) is 18.0 Å². The van der Waals surface area contributed by atoms with Gasteiger partial charge in [0.05, 0.1) is 0 Å². The fourth-order valence-electron chi connectivity index (χ4n) is 6.36. The van der Waals surface area contributed by atoms with Crippen molar-refractivity contribution in [2.24, 2.45) is 5.92 Å². The Balaban J connectivity index is 1.43. The lowest BCUT2D eigenvalue weighted by Crippen LogP contribution is -2.62. The Kier molecular flexibility index (Phi) is 5.43. The summed E-state index contributed by atoms with van der Waals surface area (Å²) in [6.07, 6.45) is 6.72. The fourth-order valence-corrected chi connectivity index (χ4v) is 6.36. The summed E-state index contributed by atoms with van der Waals surface area (Å²) < 4.78 is 12.0. The number of nitrogens with zero attached hydrogens (tertiary/aromatic N) is 1. The van der Waals surface area contributed by atoms with Gasteiger partial charge in [0.1, 0.15) is 18.0 Å². The summed E-state index contributed by atoms with van der Waals surface area (Å²) in [5.74, 6) is 1.47. The first-order valence-electron chi connectivity index (χ1n) is 12.2. The summed E-state index contributed by atoms with van der Waals surface area (Å²) in [7, 11) is 0. The largest absolute Gasteiger partial charge is 0.489 e. The van der Waals surface area contributed by atoms with Crippen molar-refractivity contribution in [2.45, 2.75) is 83.0 Å². The Morgan fingerprint density at radius 3 is 2.69 bits per heavy atom. The number of amides is 1. The highest BCUT2D eigenvalue weighted by Crippen LogP contribution is 2.56. The van der Waals surface area contributed by atoms with Crippen LogP contribution in [0.25, 0.3) is 0 Å². The van der Waals surface area contributed by atoms with Gasteiger partial charge in [0.15, 0.2) is 0 Å². The third-order valence-corrected chi connectivity index (χ3v) is 7.68. The molecule has 32 heavy (non-hydrogen) atoms. The maximum Gasteiger partial charge on any atom is 0.410 e. The van der Waals surface area contributed by atoms with E-state index in [9.17, 15) is 4.79 Å². The summed E-state index contributed by atoms with van der Waals surface area (Å²) in [5.41, 5.74) is 3.75. The lowest BCUT2D eigenvalue weighted by molar-refractivity contribution is -0.0349. The number of hydrogen-bond acceptors (Lipinski definition) is 3. The molecule has 0 spiro atoms. The average Bonchev–Trinajstić information content (AvgIpc) is 2.77. The highest BCUT2D eigenvalue weighted by atomic mass is 16.6. The molecule has 2 aromatic rings. The topological polar surface area (TPSA) is 38.8 Å². The van der Waals surface area contributed by atoms with Crippen LogP contribution in [-0.4, -0.2) is 29.2 Å². The maximum atomic E-state index is 13.1. The third kappa shape index (κ3) is 3.89. The van der Waals surface area contributed by atoms with Crippen LogP contribution >= 0.6 is 0 Å². The van der Waals surface area contributed by atoms with Gasteiger partial charge in [-0.1, -0.05) is 49.2 Å². The van der Waals surface area contributed by atoms with E-state index < -0.39 is 5.60 Å². The highest BCUT2D eigenvalue weighted by molar-refractivity contribution is 5.69. The van der Waals surface area contributed by atoms with E-state index in [0.29, 0.717) is 12.5 Å². The minimum absolute atomic E-state index is 0.145. The lowest BCUT2D eigenvalue weighted by atomic mass is 9.52. The summed E-state index contributed by atoms with van der Waals surface area (Å²) >= 11 is 0. The van der Waals surface area contributed by atoms with E-state index in [0.717, 1.165) is 25.1 Å². The molecule has 5 rings (SSSR count). The third-order valence-electron chi connectivity index (χ3n) is 7.68. The fraction of sp³-hybridized carbons (Fsp3) is 0.536. The minimum Gasteiger partial charge on any atom is -0.489 e. The van der Waals surface area contributed by atoms with Crippen molar-refractivity contribution in [3.8, 4) is 5.75 Å². The minimum atomic E-state index is -0.463. The monoisotopic (exact) mass is 433 g/mol. The number of likely N-dealkylation sites (tertiary alicyclic amines) is 1. The van der Waals surface area contributed by atoms with E-state index in [1.165, 1.54) is 42.4 Å². The average molecular weight is 434 g/mol. The molecule has 1 saturated carbocycles. The van der Waals surface area contributed by atoms with Crippen LogP contribution in [0, 0.1) is 5.92 Å². The molecule has 1 heterocycles. The predicted molar refractivity (Wildman–Crippen MR) is 126 cm³/mol. The van der Waals surface area contributed by atoms with Crippen LogP contribution < -0.4 is 4.74 Å². The molecule has 0 aromatic heterocycles. The van der Waals surface area contributed by atoms with E-state index >= 15 is 0 Å². The Labute approximate surface area is 191 Å². The van der Waals surface area contributed by atoms with Crippen LogP contribution in [0.2, 0.25) is 0 Å². The van der Waals surface area contributed by atoms with Gasteiger partial charge in [-0.15, -0.1) is 0 Å². The zero-order chi connectivity index (χ0) is 22.3. The summed E-state index contributed by atoms with van der Waals surface area (Å²) in [4.78, 5) is 15.1. The second-order valence-electron chi connectivity index (χ2n) is 10.8. The standard InChI is InChI=1S/C28H35NO3/c1-27(2,3)32-26(30)29-16-15-28-14-8-7-11-23(28)25(29)17-21-12-13-22(18-24(21)28)31-19-20-9-5-4-6-10-20/h4-6,9-10,12-13,18,23,25H,7-8,11,14-17,19H2,1-3H3/t23-,25+,28+/m0/s1. The number of piperidine rings is 1. The van der Waals surface area contributed by atoms with Gasteiger partial charge in [0.25, 0.3) is 0 Å². The van der Waals surface area contributed by atoms with Gasteiger partial charge in [-0.3, -0.25) is 0 Å². The quantitative estimate of drug-likeness (QED) is 0.573. The van der Waals surface area contributed by atoms with E-state index in [-0.39, 0.29) is 17.6 Å². The molecule has 0 radical (unpaired) electrons. The molecule has 2 aromatic carbocycles. The van der Waals surface area contributed by atoms with Crippen molar-refractivity contribution < 1.29 is 14.3 Å². The normalized spacial score (nSPS) is 26.7. The SMILES string of the molecule is CC(C)(C)OC(=O)N1CC[C@]23CCCC[C@H]2[C@H]1Cc1ccc(OCc2ccccc2)cc13. The molecule has 0 N–H and O–H groups in total. The molecule has 0 unspecified atom stereocenters. The maximum absolute atomic E-state index is 13.1. The van der Waals surface area contributed by atoms with E-state index in [1.54, 1.807) is 0 Å². The molecule has 2 aliphatic carbocycles. The van der Waals surface area contributed by atoms with Crippen molar-refractivity contribution in [2.75, 3.05) is 6.54 Å². The number of hydrogen-bond donors (Lipinski definition) is 0. The zero-order valence-corrected chi connectivity index (χ0v) is 19.6. The van der Waals surface area contributed by atoms with Crippen LogP contribution in [0.3, 0.4) is 0 Å². The molecule has 1 aliphatic heterocycles. The summed E-state index contributed by atoms with van der Waals surface area (Å²) in [5, 5.41) is 0. The number of ether oxygens (including phenoxy) is 2. The molecule has 4 nitrogen and oxygen atoms in total. The first-order valence-corrected chi connectivity index (χ1v) is 12.2. The van der Waals surface area contributed by atoms with Gasteiger partial charge in [0.2, 0.25) is 0 Å². The number of fused-ring (bicyclic) bond motifs is 1. The van der Waals surface area contributed by atoms with Gasteiger partial charge in [-0.05, 0) is 81.2 Å². The van der Waals surface area contributed by atoms with Gasteiger partial charge in [-0.25, -0.2) is 4.79 Å².